The summed E-state index contributed by atoms with van der Waals surface area (Å²) in [6.07, 6.45) is -3.35. The van der Waals surface area contributed by atoms with Crippen molar-refractivity contribution < 1.29 is 13.2 Å². The van der Waals surface area contributed by atoms with Gasteiger partial charge in [-0.1, -0.05) is 32.4 Å². The zero-order chi connectivity index (χ0) is 12.2. The smallest absolute Gasteiger partial charge is 0.384 e. The van der Waals surface area contributed by atoms with Crippen LogP contribution in [0.15, 0.2) is 24.3 Å². The van der Waals surface area contributed by atoms with E-state index in [2.05, 4.69) is 5.32 Å². The lowest BCUT2D eigenvalue weighted by Gasteiger charge is -2.16. The molecule has 0 aromatic heterocycles. The van der Waals surface area contributed by atoms with Crippen LogP contribution in [0.1, 0.15) is 25.8 Å². The molecule has 0 aliphatic rings. The predicted octanol–water partition coefficient (Wildman–Crippen LogP) is 4.16. The fraction of sp³-hybridized carbons (Fsp3) is 0.500. The number of hydrogen-bond donors (Lipinski definition) is 1. The summed E-state index contributed by atoms with van der Waals surface area (Å²) < 4.78 is 37.8. The van der Waals surface area contributed by atoms with Gasteiger partial charge < -0.3 is 5.32 Å². The molecule has 0 heterocycles. The van der Waals surface area contributed by atoms with E-state index in [0.717, 1.165) is 12.5 Å². The number of benzene rings is 1. The van der Waals surface area contributed by atoms with Crippen molar-refractivity contribution in [2.24, 2.45) is 5.92 Å². The maximum absolute atomic E-state index is 12.6. The fourth-order valence-electron chi connectivity index (χ4n) is 1.31. The van der Waals surface area contributed by atoms with Crippen molar-refractivity contribution in [1.29, 1.82) is 0 Å². The summed E-state index contributed by atoms with van der Waals surface area (Å²) >= 11 is 0. The second kappa shape index (κ2) is 5.23. The minimum absolute atomic E-state index is 0.162. The van der Waals surface area contributed by atoms with E-state index in [1.54, 1.807) is 6.07 Å². The molecule has 4 heteroatoms. The van der Waals surface area contributed by atoms with E-state index in [4.69, 9.17) is 0 Å². The van der Waals surface area contributed by atoms with Gasteiger partial charge in [0.05, 0.1) is 5.56 Å². The van der Waals surface area contributed by atoms with Crippen molar-refractivity contribution in [2.45, 2.75) is 26.4 Å². The summed E-state index contributed by atoms with van der Waals surface area (Å²) in [6, 6.07) is 5.57. The van der Waals surface area contributed by atoms with Crippen LogP contribution in [0.3, 0.4) is 0 Å². The zero-order valence-electron chi connectivity index (χ0n) is 9.43. The van der Waals surface area contributed by atoms with Gasteiger partial charge in [0, 0.05) is 12.2 Å². The molecule has 0 saturated heterocycles. The monoisotopic (exact) mass is 231 g/mol. The van der Waals surface area contributed by atoms with Gasteiger partial charge in [-0.05, 0) is 18.1 Å². The van der Waals surface area contributed by atoms with Gasteiger partial charge in [-0.15, -0.1) is 0 Å². The molecule has 1 aromatic carbocycles. The quantitative estimate of drug-likeness (QED) is 0.820. The molecule has 1 atom stereocenters. The molecular weight excluding hydrogens is 215 g/mol. The summed E-state index contributed by atoms with van der Waals surface area (Å²) in [6.45, 7) is 4.58. The van der Waals surface area contributed by atoms with Gasteiger partial charge in [0.2, 0.25) is 0 Å². The Morgan fingerprint density at radius 1 is 1.25 bits per heavy atom. The first-order chi connectivity index (χ1) is 7.45. The Kier molecular flexibility index (Phi) is 4.21. The first-order valence-electron chi connectivity index (χ1n) is 5.35. The maximum atomic E-state index is 12.6. The van der Waals surface area contributed by atoms with Crippen LogP contribution in [0.5, 0.6) is 0 Å². The van der Waals surface area contributed by atoms with Crippen LogP contribution in [-0.4, -0.2) is 6.54 Å². The van der Waals surface area contributed by atoms with Gasteiger partial charge in [-0.3, -0.25) is 0 Å². The van der Waals surface area contributed by atoms with E-state index in [9.17, 15) is 13.2 Å². The van der Waals surface area contributed by atoms with Crippen molar-refractivity contribution in [2.75, 3.05) is 11.9 Å². The van der Waals surface area contributed by atoms with Gasteiger partial charge in [0.1, 0.15) is 0 Å². The second-order valence-corrected chi connectivity index (χ2v) is 3.94. The van der Waals surface area contributed by atoms with Crippen LogP contribution in [-0.2, 0) is 6.18 Å². The third-order valence-electron chi connectivity index (χ3n) is 2.57. The van der Waals surface area contributed by atoms with Gasteiger partial charge in [0.15, 0.2) is 0 Å². The van der Waals surface area contributed by atoms with Crippen LogP contribution < -0.4 is 5.32 Å². The van der Waals surface area contributed by atoms with Gasteiger partial charge in [-0.2, -0.15) is 13.2 Å². The molecule has 0 aliphatic heterocycles. The minimum atomic E-state index is -4.29. The van der Waals surface area contributed by atoms with Crippen LogP contribution >= 0.6 is 0 Å². The molecule has 1 unspecified atom stereocenters. The first kappa shape index (κ1) is 12.9. The van der Waals surface area contributed by atoms with Crippen molar-refractivity contribution in [3.8, 4) is 0 Å². The van der Waals surface area contributed by atoms with Crippen LogP contribution in [0.2, 0.25) is 0 Å². The molecule has 0 fully saturated rings. The fourth-order valence-corrected chi connectivity index (χ4v) is 1.31. The van der Waals surface area contributed by atoms with Crippen molar-refractivity contribution in [1.82, 2.24) is 0 Å². The molecule has 0 amide bonds. The van der Waals surface area contributed by atoms with Crippen molar-refractivity contribution in [3.05, 3.63) is 29.8 Å². The Morgan fingerprint density at radius 2 is 1.88 bits per heavy atom. The lowest BCUT2D eigenvalue weighted by atomic mass is 10.1. The molecule has 1 rings (SSSR count). The van der Waals surface area contributed by atoms with Crippen molar-refractivity contribution in [3.63, 3.8) is 0 Å². The molecule has 0 radical (unpaired) electrons. The molecule has 90 valence electrons. The lowest BCUT2D eigenvalue weighted by molar-refractivity contribution is -0.136. The van der Waals surface area contributed by atoms with E-state index in [1.165, 1.54) is 12.1 Å². The predicted molar refractivity (Wildman–Crippen MR) is 59.4 cm³/mol. The third-order valence-corrected chi connectivity index (χ3v) is 2.57. The second-order valence-electron chi connectivity index (χ2n) is 3.94. The molecule has 0 spiro atoms. The molecule has 1 nitrogen and oxygen atoms in total. The molecule has 0 bridgehead atoms. The normalized spacial score (nSPS) is 13.6. The number of nitrogens with one attached hydrogen (secondary N) is 1. The minimum Gasteiger partial charge on any atom is -0.384 e. The average Bonchev–Trinajstić information content (AvgIpc) is 2.25. The molecular formula is C12H16F3N. The highest BCUT2D eigenvalue weighted by Crippen LogP contribution is 2.34. The number of halogens is 3. The van der Waals surface area contributed by atoms with E-state index < -0.39 is 11.7 Å². The molecule has 0 aliphatic carbocycles. The van der Waals surface area contributed by atoms with E-state index in [-0.39, 0.29) is 5.69 Å². The molecule has 16 heavy (non-hydrogen) atoms. The summed E-state index contributed by atoms with van der Waals surface area (Å²) in [5.74, 6) is 0.362. The summed E-state index contributed by atoms with van der Waals surface area (Å²) in [7, 11) is 0. The highest BCUT2D eigenvalue weighted by atomic mass is 19.4. The first-order valence-corrected chi connectivity index (χ1v) is 5.35. The summed E-state index contributed by atoms with van der Waals surface area (Å²) in [5, 5.41) is 2.85. The summed E-state index contributed by atoms with van der Waals surface area (Å²) in [5.41, 5.74) is -0.436. The molecule has 1 N–H and O–H groups in total. The van der Waals surface area contributed by atoms with Gasteiger partial charge >= 0.3 is 6.18 Å². The number of anilines is 1. The maximum Gasteiger partial charge on any atom is 0.418 e. The Morgan fingerprint density at radius 3 is 2.44 bits per heavy atom. The Balaban J connectivity index is 2.80. The van der Waals surface area contributed by atoms with E-state index in [1.807, 2.05) is 13.8 Å². The standard InChI is InChI=1S/C12H16F3N/c1-3-9(2)8-16-11-7-5-4-6-10(11)12(13,14)15/h4-7,9,16H,3,8H2,1-2H3. The Hall–Kier alpha value is -1.19. The van der Waals surface area contributed by atoms with E-state index in [0.29, 0.717) is 12.5 Å². The molecule has 1 aromatic rings. The highest BCUT2D eigenvalue weighted by molar-refractivity contribution is 5.52. The molecule has 0 saturated carbocycles. The third kappa shape index (κ3) is 3.43. The highest BCUT2D eigenvalue weighted by Gasteiger charge is 2.32. The van der Waals surface area contributed by atoms with Gasteiger partial charge in [0.25, 0.3) is 0 Å². The average molecular weight is 231 g/mol. The summed E-state index contributed by atoms with van der Waals surface area (Å²) in [4.78, 5) is 0. The van der Waals surface area contributed by atoms with Crippen LogP contribution in [0.4, 0.5) is 18.9 Å². The number of alkyl halides is 3. The lowest BCUT2D eigenvalue weighted by Crippen LogP contribution is -2.15. The number of hydrogen-bond acceptors (Lipinski definition) is 1. The topological polar surface area (TPSA) is 12.0 Å². The Labute approximate surface area is 93.7 Å². The number of para-hydroxylation sites is 1. The van der Waals surface area contributed by atoms with Crippen LogP contribution in [0.25, 0.3) is 0 Å². The Bertz CT molecular complexity index is 333. The van der Waals surface area contributed by atoms with Gasteiger partial charge in [-0.25, -0.2) is 0 Å². The van der Waals surface area contributed by atoms with Crippen LogP contribution in [0, 0.1) is 5.92 Å². The number of rotatable bonds is 4. The largest absolute Gasteiger partial charge is 0.418 e. The SMILES string of the molecule is CCC(C)CNc1ccccc1C(F)(F)F. The zero-order valence-corrected chi connectivity index (χ0v) is 9.43. The van der Waals surface area contributed by atoms with E-state index >= 15 is 0 Å². The van der Waals surface area contributed by atoms with Crippen molar-refractivity contribution >= 4 is 5.69 Å².